The maximum Gasteiger partial charge on any atom is 0.436 e. The van der Waals surface area contributed by atoms with Gasteiger partial charge in [-0.25, -0.2) is 4.79 Å². The molecule has 0 bridgehead atoms. The highest BCUT2D eigenvalue weighted by atomic mass is 16.7. The number of benzene rings is 1. The molecule has 13 heteroatoms. The van der Waals surface area contributed by atoms with E-state index in [0.717, 1.165) is 20.8 Å². The number of hydrogen-bond acceptors (Lipinski definition) is 11. The molecule has 13 nitrogen and oxygen atoms in total. The highest BCUT2D eigenvalue weighted by Gasteiger charge is 2.46. The molecule has 1 aliphatic rings. The Bertz CT molecular complexity index is 1020. The van der Waals surface area contributed by atoms with Gasteiger partial charge in [0.05, 0.1) is 0 Å². The second-order valence-corrected chi connectivity index (χ2v) is 8.43. The average Bonchev–Trinajstić information content (AvgIpc) is 2.79. The zero-order chi connectivity index (χ0) is 27.5. The number of esters is 3. The highest BCUT2D eigenvalue weighted by molar-refractivity contribution is 5.84. The van der Waals surface area contributed by atoms with Crippen molar-refractivity contribution in [2.75, 3.05) is 11.9 Å². The van der Waals surface area contributed by atoms with Crippen molar-refractivity contribution >= 4 is 35.6 Å². The smallest absolute Gasteiger partial charge is 0.436 e. The Hall–Kier alpha value is -4.29. The van der Waals surface area contributed by atoms with Crippen molar-refractivity contribution in [3.05, 3.63) is 41.9 Å². The minimum atomic E-state index is -1.41. The first-order chi connectivity index (χ1) is 17.5. The molecule has 0 unspecified atom stereocenters. The summed E-state index contributed by atoms with van der Waals surface area (Å²) in [5.41, 5.74) is 2.58. The fourth-order valence-corrected chi connectivity index (χ4v) is 3.27. The van der Waals surface area contributed by atoms with Gasteiger partial charge in [0.15, 0.2) is 18.3 Å². The van der Waals surface area contributed by atoms with E-state index in [4.69, 9.17) is 23.8 Å². The van der Waals surface area contributed by atoms with E-state index in [9.17, 15) is 24.0 Å². The van der Waals surface area contributed by atoms with Crippen molar-refractivity contribution in [2.45, 2.75) is 59.4 Å². The number of nitrogens with one attached hydrogen (secondary N) is 3. The van der Waals surface area contributed by atoms with Crippen LogP contribution in [0.4, 0.5) is 10.5 Å². The molecule has 2 amide bonds. The first-order valence-corrected chi connectivity index (χ1v) is 11.4. The van der Waals surface area contributed by atoms with Crippen LogP contribution in [0.5, 0.6) is 0 Å². The molecule has 37 heavy (non-hydrogen) atoms. The predicted molar refractivity (Wildman–Crippen MR) is 127 cm³/mol. The predicted octanol–water partition coefficient (Wildman–Crippen LogP) is 1.90. The third-order valence-electron chi connectivity index (χ3n) is 4.63. The van der Waals surface area contributed by atoms with Crippen molar-refractivity contribution in [2.24, 2.45) is 5.92 Å². The largest absolute Gasteiger partial charge is 0.465 e. The van der Waals surface area contributed by atoms with Gasteiger partial charge in [-0.15, -0.1) is 0 Å². The molecule has 1 aromatic carbocycles. The van der Waals surface area contributed by atoms with Crippen LogP contribution >= 0.6 is 0 Å². The van der Waals surface area contributed by atoms with E-state index in [1.165, 1.54) is 0 Å². The summed E-state index contributed by atoms with van der Waals surface area (Å²) in [5, 5.41) is 5.06. The number of carbonyl (C=O) groups excluding carboxylic acids is 5. The van der Waals surface area contributed by atoms with Gasteiger partial charge in [0.25, 0.3) is 0 Å². The summed E-state index contributed by atoms with van der Waals surface area (Å²) in [4.78, 5) is 65.2. The highest BCUT2D eigenvalue weighted by Crippen LogP contribution is 2.28. The van der Waals surface area contributed by atoms with Crippen molar-refractivity contribution in [1.82, 2.24) is 10.8 Å². The molecule has 3 atom stereocenters. The first-order valence-electron chi connectivity index (χ1n) is 11.4. The number of amides is 2. The average molecular weight is 522 g/mol. The fraction of sp³-hybridized carbons (Fsp3) is 0.458. The molecule has 202 valence electrons. The monoisotopic (exact) mass is 521 g/mol. The number of ether oxygens (including phenoxy) is 4. The summed E-state index contributed by atoms with van der Waals surface area (Å²) >= 11 is 0. The van der Waals surface area contributed by atoms with Gasteiger partial charge < -0.3 is 29.1 Å². The normalized spacial score (nSPS) is 18.7. The summed E-state index contributed by atoms with van der Waals surface area (Å²) in [5.74, 6) is -3.00. The van der Waals surface area contributed by atoms with Crippen molar-refractivity contribution in [3.63, 3.8) is 0 Å². The number of rotatable bonds is 10. The molecule has 0 saturated heterocycles. The van der Waals surface area contributed by atoms with Crippen LogP contribution in [0.1, 0.15) is 41.0 Å². The zero-order valence-electron chi connectivity index (χ0n) is 21.2. The van der Waals surface area contributed by atoms with E-state index in [2.05, 4.69) is 16.1 Å². The van der Waals surface area contributed by atoms with Gasteiger partial charge >= 0.3 is 24.0 Å². The van der Waals surface area contributed by atoms with Gasteiger partial charge in [0, 0.05) is 32.9 Å². The van der Waals surface area contributed by atoms with E-state index >= 15 is 0 Å². The molecule has 0 saturated carbocycles. The molecule has 0 fully saturated rings. The number of carbonyl (C=O) groups is 5. The molecular formula is C24H31N3O10. The molecule has 0 spiro atoms. The number of hydroxylamine groups is 1. The van der Waals surface area contributed by atoms with Crippen molar-refractivity contribution in [3.8, 4) is 0 Å². The summed E-state index contributed by atoms with van der Waals surface area (Å²) in [7, 11) is 0. The maximum atomic E-state index is 12.6. The van der Waals surface area contributed by atoms with Crippen molar-refractivity contribution < 1.29 is 47.8 Å². The Morgan fingerprint density at radius 2 is 1.57 bits per heavy atom. The Labute approximate surface area is 213 Å². The van der Waals surface area contributed by atoms with Crippen LogP contribution < -0.4 is 16.1 Å². The lowest BCUT2D eigenvalue weighted by molar-refractivity contribution is -0.186. The van der Waals surface area contributed by atoms with Crippen LogP contribution in [0.25, 0.3) is 0 Å². The van der Waals surface area contributed by atoms with Gasteiger partial charge in [0.1, 0.15) is 12.3 Å². The quantitative estimate of drug-likeness (QED) is 0.234. The Kier molecular flexibility index (Phi) is 10.7. The van der Waals surface area contributed by atoms with Gasteiger partial charge in [-0.1, -0.05) is 32.0 Å². The maximum absolute atomic E-state index is 12.6. The van der Waals surface area contributed by atoms with Crippen molar-refractivity contribution in [1.29, 1.82) is 0 Å². The topological polar surface area (TPSA) is 168 Å². The first kappa shape index (κ1) is 28.9. The van der Waals surface area contributed by atoms with Crippen LogP contribution in [0.15, 0.2) is 41.9 Å². The van der Waals surface area contributed by atoms with E-state index in [1.54, 1.807) is 30.3 Å². The van der Waals surface area contributed by atoms with E-state index in [0.29, 0.717) is 5.69 Å². The van der Waals surface area contributed by atoms with Crippen LogP contribution in [0.3, 0.4) is 0 Å². The van der Waals surface area contributed by atoms with E-state index in [1.807, 2.05) is 13.8 Å². The molecule has 1 aliphatic heterocycles. The Morgan fingerprint density at radius 3 is 2.14 bits per heavy atom. The van der Waals surface area contributed by atoms with Gasteiger partial charge in [-0.2, -0.15) is 5.48 Å². The van der Waals surface area contributed by atoms with E-state index < -0.39 is 54.8 Å². The molecule has 2 rings (SSSR count). The van der Waals surface area contributed by atoms with Crippen LogP contribution in [0.2, 0.25) is 0 Å². The van der Waals surface area contributed by atoms with Gasteiger partial charge in [-0.3, -0.25) is 24.5 Å². The molecular weight excluding hydrogens is 490 g/mol. The zero-order valence-corrected chi connectivity index (χ0v) is 21.2. The van der Waals surface area contributed by atoms with E-state index in [-0.39, 0.29) is 23.9 Å². The third kappa shape index (κ3) is 9.70. The minimum absolute atomic E-state index is 0.0254. The summed E-state index contributed by atoms with van der Waals surface area (Å²) in [6.45, 7) is 6.63. The molecule has 0 radical (unpaired) electrons. The third-order valence-corrected chi connectivity index (χ3v) is 4.63. The van der Waals surface area contributed by atoms with Gasteiger partial charge in [-0.05, 0) is 18.1 Å². The number of hydrogen-bond donors (Lipinski definition) is 3. The Balaban J connectivity index is 2.42. The molecule has 0 aliphatic carbocycles. The van der Waals surface area contributed by atoms with Crippen LogP contribution in [0, 0.1) is 5.92 Å². The molecule has 1 heterocycles. The Morgan fingerprint density at radius 1 is 0.919 bits per heavy atom. The SMILES string of the molecule is CC(=O)OC[C@H]1OC(NOC(=O)Nc2ccccc2)=C(NC(=O)CC(C)C)[C@@H](OC(C)=O)[C@@H]1OC(C)=O. The summed E-state index contributed by atoms with van der Waals surface area (Å²) < 4.78 is 21.5. The lowest BCUT2D eigenvalue weighted by Crippen LogP contribution is -2.55. The summed E-state index contributed by atoms with van der Waals surface area (Å²) in [6.07, 6.45) is -4.77. The second kappa shape index (κ2) is 13.7. The lowest BCUT2D eigenvalue weighted by atomic mass is 10.0. The standard InChI is InChI=1S/C24H31N3O10/c1-13(2)11-19(31)26-20-22(35-16(5)30)21(34-15(4)29)18(12-33-14(3)28)36-23(20)27-37-24(32)25-17-9-7-6-8-10-17/h6-10,13,18,21-22,27H,11-12H2,1-5H3,(H,25,32)(H,26,31)/t18-,21-,22-/m1/s1. The molecule has 3 N–H and O–H groups in total. The molecule has 0 aromatic heterocycles. The molecule has 1 aromatic rings. The summed E-state index contributed by atoms with van der Waals surface area (Å²) in [6, 6.07) is 8.43. The fourth-order valence-electron chi connectivity index (χ4n) is 3.27. The number of para-hydroxylation sites is 1. The second-order valence-electron chi connectivity index (χ2n) is 8.43. The van der Waals surface area contributed by atoms with Crippen LogP contribution in [-0.2, 0) is 43.0 Å². The minimum Gasteiger partial charge on any atom is -0.465 e. The number of anilines is 1. The van der Waals surface area contributed by atoms with Crippen LogP contribution in [-0.4, -0.2) is 54.8 Å². The van der Waals surface area contributed by atoms with Gasteiger partial charge in [0.2, 0.25) is 11.8 Å². The lowest BCUT2D eigenvalue weighted by Gasteiger charge is -2.38.